The summed E-state index contributed by atoms with van der Waals surface area (Å²) in [7, 11) is 0. The maximum absolute atomic E-state index is 12.5. The zero-order valence-electron chi connectivity index (χ0n) is 7.59. The zero-order chi connectivity index (χ0) is 11.5. The molecule has 0 heterocycles. The maximum Gasteiger partial charge on any atom is 0.461 e. The Bertz CT molecular complexity index is 330. The van der Waals surface area contributed by atoms with Crippen LogP contribution in [0.2, 0.25) is 0 Å². The van der Waals surface area contributed by atoms with Gasteiger partial charge in [0.1, 0.15) is 5.75 Å². The first-order valence-electron chi connectivity index (χ1n) is 4.09. The normalized spacial score (nSPS) is 11.9. The van der Waals surface area contributed by atoms with Gasteiger partial charge in [0, 0.05) is 6.54 Å². The molecule has 0 radical (unpaired) electrons. The molecule has 1 aromatic rings. The molecule has 0 aromatic heterocycles. The van der Waals surface area contributed by atoms with Crippen molar-refractivity contribution < 1.29 is 22.3 Å². The van der Waals surface area contributed by atoms with Crippen LogP contribution in [0.3, 0.4) is 0 Å². The Hall–Kier alpha value is -1.30. The molecule has 84 valence electrons. The average molecular weight is 223 g/mol. The van der Waals surface area contributed by atoms with Crippen LogP contribution < -0.4 is 10.5 Å². The van der Waals surface area contributed by atoms with Gasteiger partial charge in [-0.05, 0) is 17.7 Å². The Morgan fingerprint density at radius 3 is 2.53 bits per heavy atom. The predicted octanol–water partition coefficient (Wildman–Crippen LogP) is 2.38. The summed E-state index contributed by atoms with van der Waals surface area (Å²) in [6, 6.07) is 5.33. The van der Waals surface area contributed by atoms with Crippen LogP contribution in [0.1, 0.15) is 5.56 Å². The van der Waals surface area contributed by atoms with Gasteiger partial charge in [-0.1, -0.05) is 12.1 Å². The molecule has 1 aromatic carbocycles. The molecule has 2 nitrogen and oxygen atoms in total. The Labute approximate surface area is 83.6 Å². The van der Waals surface area contributed by atoms with E-state index in [1.165, 1.54) is 12.1 Å². The molecule has 0 fully saturated rings. The second-order valence-corrected chi connectivity index (χ2v) is 2.82. The van der Waals surface area contributed by atoms with Gasteiger partial charge in [-0.25, -0.2) is 0 Å². The first-order valence-corrected chi connectivity index (χ1v) is 4.09. The first-order chi connectivity index (χ1) is 6.95. The molecule has 2 N–H and O–H groups in total. The number of ether oxygens (including phenoxy) is 1. The molecule has 0 amide bonds. The van der Waals surface area contributed by atoms with Gasteiger partial charge < -0.3 is 10.5 Å². The number of rotatable bonds is 4. The summed E-state index contributed by atoms with van der Waals surface area (Å²) in [4.78, 5) is 0. The number of nitrogens with two attached hydrogens (primary N) is 1. The van der Waals surface area contributed by atoms with Crippen LogP contribution in [-0.2, 0) is 6.54 Å². The fraction of sp³-hybridized carbons (Fsp3) is 0.333. The summed E-state index contributed by atoms with van der Waals surface area (Å²) in [5.41, 5.74) is 5.78. The Kier molecular flexibility index (Phi) is 3.52. The lowest BCUT2D eigenvalue weighted by Crippen LogP contribution is -2.33. The standard InChI is InChI=1S/C9H9F4NO/c10-8(11)9(12,13)15-7-3-1-2-6(4-7)5-14/h1-4,8H,5,14H2. The Balaban J connectivity index is 2.80. The second-order valence-electron chi connectivity index (χ2n) is 2.82. The topological polar surface area (TPSA) is 35.2 Å². The molecule has 1 rings (SSSR count). The van der Waals surface area contributed by atoms with Gasteiger partial charge in [0.25, 0.3) is 0 Å². The van der Waals surface area contributed by atoms with Gasteiger partial charge in [-0.2, -0.15) is 17.6 Å². The summed E-state index contributed by atoms with van der Waals surface area (Å²) in [6.45, 7) is 0.122. The van der Waals surface area contributed by atoms with Crippen molar-refractivity contribution in [3.8, 4) is 5.75 Å². The molecule has 0 saturated carbocycles. The number of hydrogen-bond acceptors (Lipinski definition) is 2. The van der Waals surface area contributed by atoms with Crippen molar-refractivity contribution in [3.05, 3.63) is 29.8 Å². The molecule has 0 aliphatic heterocycles. The van der Waals surface area contributed by atoms with E-state index in [9.17, 15) is 17.6 Å². The number of halogens is 4. The third-order valence-electron chi connectivity index (χ3n) is 1.64. The minimum Gasteiger partial charge on any atom is -0.428 e. The molecule has 0 spiro atoms. The fourth-order valence-corrected chi connectivity index (χ4v) is 0.938. The summed E-state index contributed by atoms with van der Waals surface area (Å²) >= 11 is 0. The SMILES string of the molecule is NCc1cccc(OC(F)(F)C(F)F)c1. The summed E-state index contributed by atoms with van der Waals surface area (Å²) in [5.74, 6) is -0.330. The van der Waals surface area contributed by atoms with Crippen LogP contribution in [0.5, 0.6) is 5.75 Å². The van der Waals surface area contributed by atoms with E-state index < -0.39 is 12.5 Å². The van der Waals surface area contributed by atoms with E-state index >= 15 is 0 Å². The third-order valence-corrected chi connectivity index (χ3v) is 1.64. The summed E-state index contributed by atoms with van der Waals surface area (Å²) < 4.78 is 52.4. The molecular formula is C9H9F4NO. The maximum atomic E-state index is 12.5. The smallest absolute Gasteiger partial charge is 0.428 e. The van der Waals surface area contributed by atoms with E-state index in [0.29, 0.717) is 5.56 Å². The van der Waals surface area contributed by atoms with Crippen LogP contribution in [0.25, 0.3) is 0 Å². The van der Waals surface area contributed by atoms with Gasteiger partial charge in [0.05, 0.1) is 0 Å². The largest absolute Gasteiger partial charge is 0.461 e. The van der Waals surface area contributed by atoms with Gasteiger partial charge in [0.15, 0.2) is 0 Å². The van der Waals surface area contributed by atoms with Crippen LogP contribution in [0.4, 0.5) is 17.6 Å². The molecule has 0 aliphatic carbocycles. The van der Waals surface area contributed by atoms with Crippen molar-refractivity contribution >= 4 is 0 Å². The number of hydrogen-bond donors (Lipinski definition) is 1. The minimum absolute atomic E-state index is 0.122. The summed E-state index contributed by atoms with van der Waals surface area (Å²) in [6.07, 6.45) is -8.34. The van der Waals surface area contributed by atoms with Crippen molar-refractivity contribution in [1.82, 2.24) is 0 Å². The van der Waals surface area contributed by atoms with Crippen LogP contribution >= 0.6 is 0 Å². The van der Waals surface area contributed by atoms with Crippen molar-refractivity contribution in [2.45, 2.75) is 19.1 Å². The van der Waals surface area contributed by atoms with E-state index in [1.807, 2.05) is 0 Å². The van der Waals surface area contributed by atoms with E-state index in [2.05, 4.69) is 4.74 Å². The van der Waals surface area contributed by atoms with Gasteiger partial charge in [0.2, 0.25) is 0 Å². The molecule has 0 unspecified atom stereocenters. The van der Waals surface area contributed by atoms with E-state index in [1.54, 1.807) is 6.07 Å². The lowest BCUT2D eigenvalue weighted by Gasteiger charge is -2.16. The third kappa shape index (κ3) is 3.09. The predicted molar refractivity (Wildman–Crippen MR) is 45.9 cm³/mol. The van der Waals surface area contributed by atoms with E-state index in [4.69, 9.17) is 5.73 Å². The fourth-order valence-electron chi connectivity index (χ4n) is 0.938. The zero-order valence-corrected chi connectivity index (χ0v) is 7.59. The van der Waals surface area contributed by atoms with E-state index in [-0.39, 0.29) is 12.3 Å². The van der Waals surface area contributed by atoms with Crippen LogP contribution in [0, 0.1) is 0 Å². The van der Waals surface area contributed by atoms with Crippen molar-refractivity contribution in [1.29, 1.82) is 0 Å². The highest BCUT2D eigenvalue weighted by atomic mass is 19.3. The molecule has 6 heteroatoms. The molecule has 0 atom stereocenters. The monoisotopic (exact) mass is 223 g/mol. The van der Waals surface area contributed by atoms with Crippen LogP contribution in [0.15, 0.2) is 24.3 Å². The van der Waals surface area contributed by atoms with Crippen molar-refractivity contribution in [3.63, 3.8) is 0 Å². The molecule has 0 saturated heterocycles. The van der Waals surface area contributed by atoms with Gasteiger partial charge in [-0.3, -0.25) is 0 Å². The highest BCUT2D eigenvalue weighted by molar-refractivity contribution is 5.28. The molecule has 0 bridgehead atoms. The molecular weight excluding hydrogens is 214 g/mol. The van der Waals surface area contributed by atoms with Crippen molar-refractivity contribution in [2.75, 3.05) is 0 Å². The summed E-state index contributed by atoms with van der Waals surface area (Å²) in [5, 5.41) is 0. The second kappa shape index (κ2) is 4.48. The lowest BCUT2D eigenvalue weighted by molar-refractivity contribution is -0.253. The highest BCUT2D eigenvalue weighted by Gasteiger charge is 2.43. The molecule has 0 aliphatic rings. The van der Waals surface area contributed by atoms with Crippen molar-refractivity contribution in [2.24, 2.45) is 5.73 Å². The van der Waals surface area contributed by atoms with E-state index in [0.717, 1.165) is 6.07 Å². The number of alkyl halides is 4. The lowest BCUT2D eigenvalue weighted by atomic mass is 10.2. The van der Waals surface area contributed by atoms with Crippen LogP contribution in [-0.4, -0.2) is 12.5 Å². The Morgan fingerprint density at radius 1 is 1.33 bits per heavy atom. The van der Waals surface area contributed by atoms with Gasteiger partial charge >= 0.3 is 12.5 Å². The van der Waals surface area contributed by atoms with Gasteiger partial charge in [-0.15, -0.1) is 0 Å². The highest BCUT2D eigenvalue weighted by Crippen LogP contribution is 2.27. The average Bonchev–Trinajstić information content (AvgIpc) is 2.17. The minimum atomic E-state index is -4.48. The Morgan fingerprint density at radius 2 is 2.00 bits per heavy atom. The first kappa shape index (κ1) is 11.8. The number of benzene rings is 1. The molecule has 15 heavy (non-hydrogen) atoms. The quantitative estimate of drug-likeness (QED) is 0.795.